The van der Waals surface area contributed by atoms with Gasteiger partial charge in [-0.2, -0.15) is 0 Å². The zero-order valence-electron chi connectivity index (χ0n) is 10.9. The maximum atomic E-state index is 10.5. The Morgan fingerprint density at radius 1 is 1.22 bits per heavy atom. The number of benzene rings is 1. The quantitative estimate of drug-likeness (QED) is 0.773. The van der Waals surface area contributed by atoms with Crippen molar-refractivity contribution in [3.63, 3.8) is 0 Å². The minimum Gasteiger partial charge on any atom is -0.494 e. The zero-order chi connectivity index (χ0) is 13.4. The van der Waals surface area contributed by atoms with Gasteiger partial charge in [0.05, 0.1) is 13.2 Å². The van der Waals surface area contributed by atoms with Gasteiger partial charge in [-0.3, -0.25) is 4.79 Å². The van der Waals surface area contributed by atoms with E-state index in [2.05, 4.69) is 0 Å². The molecule has 0 amide bonds. The number of carbonyl (C=O) groups is 1. The lowest BCUT2D eigenvalue weighted by atomic mass is 10.1. The van der Waals surface area contributed by atoms with Crippen LogP contribution >= 0.6 is 0 Å². The van der Waals surface area contributed by atoms with Gasteiger partial charge in [0.25, 0.3) is 0 Å². The second-order valence-corrected chi connectivity index (χ2v) is 3.88. The molecule has 1 N–H and O–H groups in total. The van der Waals surface area contributed by atoms with E-state index < -0.39 is 5.97 Å². The smallest absolute Gasteiger partial charge is 0.303 e. The van der Waals surface area contributed by atoms with Gasteiger partial charge in [0.15, 0.2) is 0 Å². The van der Waals surface area contributed by atoms with Gasteiger partial charge in [0.2, 0.25) is 0 Å². The molecule has 0 fully saturated rings. The summed E-state index contributed by atoms with van der Waals surface area (Å²) in [6, 6.07) is 5.70. The maximum absolute atomic E-state index is 10.5. The summed E-state index contributed by atoms with van der Waals surface area (Å²) in [5, 5.41) is 8.63. The molecule has 4 heteroatoms. The summed E-state index contributed by atoms with van der Waals surface area (Å²) in [7, 11) is 0. The van der Waals surface area contributed by atoms with E-state index in [-0.39, 0.29) is 6.42 Å². The molecule has 1 aromatic carbocycles. The van der Waals surface area contributed by atoms with Crippen LogP contribution in [0.2, 0.25) is 0 Å². The van der Waals surface area contributed by atoms with Crippen LogP contribution in [-0.4, -0.2) is 24.3 Å². The molecule has 0 spiro atoms. The molecule has 0 aliphatic heterocycles. The van der Waals surface area contributed by atoms with Crippen LogP contribution < -0.4 is 9.47 Å². The van der Waals surface area contributed by atoms with Gasteiger partial charge in [0.1, 0.15) is 11.5 Å². The van der Waals surface area contributed by atoms with Gasteiger partial charge >= 0.3 is 5.97 Å². The summed E-state index contributed by atoms with van der Waals surface area (Å²) >= 11 is 0. The van der Waals surface area contributed by atoms with Crippen molar-refractivity contribution < 1.29 is 19.4 Å². The molecule has 0 saturated carbocycles. The van der Waals surface area contributed by atoms with E-state index in [1.165, 1.54) is 0 Å². The summed E-state index contributed by atoms with van der Waals surface area (Å²) in [5.74, 6) is 0.802. The highest BCUT2D eigenvalue weighted by Gasteiger charge is 2.07. The largest absolute Gasteiger partial charge is 0.494 e. The first-order chi connectivity index (χ1) is 8.67. The van der Waals surface area contributed by atoms with Crippen LogP contribution in [0.1, 0.15) is 32.3 Å². The molecule has 0 aliphatic rings. The van der Waals surface area contributed by atoms with Crippen LogP contribution in [0.3, 0.4) is 0 Å². The summed E-state index contributed by atoms with van der Waals surface area (Å²) in [5.41, 5.74) is 1.03. The van der Waals surface area contributed by atoms with Crippen molar-refractivity contribution in [2.45, 2.75) is 33.1 Å². The van der Waals surface area contributed by atoms with Crippen LogP contribution in [-0.2, 0) is 11.2 Å². The molecular weight excluding hydrogens is 232 g/mol. The number of ether oxygens (including phenoxy) is 2. The molecule has 1 rings (SSSR count). The third kappa shape index (κ3) is 4.65. The number of hydrogen-bond donors (Lipinski definition) is 1. The highest BCUT2D eigenvalue weighted by molar-refractivity contribution is 5.66. The summed E-state index contributed by atoms with van der Waals surface area (Å²) in [4.78, 5) is 10.5. The highest BCUT2D eigenvalue weighted by Crippen LogP contribution is 2.26. The van der Waals surface area contributed by atoms with Crippen LogP contribution in [0.25, 0.3) is 0 Å². The first-order valence-electron chi connectivity index (χ1n) is 6.27. The molecule has 0 heterocycles. The minimum atomic E-state index is -0.765. The molecule has 0 aromatic heterocycles. The number of aliphatic carboxylic acids is 1. The predicted octanol–water partition coefficient (Wildman–Crippen LogP) is 2.89. The Labute approximate surface area is 108 Å². The number of aryl methyl sites for hydroxylation is 1. The molecule has 4 nitrogen and oxygen atoms in total. The van der Waals surface area contributed by atoms with Crippen LogP contribution in [0.15, 0.2) is 18.2 Å². The fourth-order valence-corrected chi connectivity index (χ4v) is 1.72. The third-order valence-electron chi connectivity index (χ3n) is 2.49. The monoisotopic (exact) mass is 252 g/mol. The number of hydrogen-bond acceptors (Lipinski definition) is 3. The fourth-order valence-electron chi connectivity index (χ4n) is 1.72. The number of rotatable bonds is 8. The van der Waals surface area contributed by atoms with Crippen molar-refractivity contribution in [3.8, 4) is 11.5 Å². The SMILES string of the molecule is CCOc1ccc(CCCC(=O)O)c(OCC)c1. The molecule has 1 aromatic rings. The van der Waals surface area contributed by atoms with Crippen molar-refractivity contribution in [1.29, 1.82) is 0 Å². The lowest BCUT2D eigenvalue weighted by molar-refractivity contribution is -0.137. The molecular formula is C14H20O4. The van der Waals surface area contributed by atoms with Crippen LogP contribution in [0, 0.1) is 0 Å². The lowest BCUT2D eigenvalue weighted by Gasteiger charge is -2.12. The molecule has 0 unspecified atom stereocenters. The lowest BCUT2D eigenvalue weighted by Crippen LogP contribution is -2.01. The average molecular weight is 252 g/mol. The Bertz CT molecular complexity index is 387. The predicted molar refractivity (Wildman–Crippen MR) is 69.4 cm³/mol. The minimum absolute atomic E-state index is 0.179. The molecule has 100 valence electrons. The van der Waals surface area contributed by atoms with Crippen molar-refractivity contribution in [2.75, 3.05) is 13.2 Å². The average Bonchev–Trinajstić information content (AvgIpc) is 2.32. The van der Waals surface area contributed by atoms with Crippen molar-refractivity contribution in [1.82, 2.24) is 0 Å². The van der Waals surface area contributed by atoms with Gasteiger partial charge in [-0.15, -0.1) is 0 Å². The summed E-state index contributed by atoms with van der Waals surface area (Å²) < 4.78 is 11.0. The third-order valence-corrected chi connectivity index (χ3v) is 2.49. The Morgan fingerprint density at radius 2 is 1.94 bits per heavy atom. The van der Waals surface area contributed by atoms with E-state index >= 15 is 0 Å². The molecule has 0 saturated heterocycles. The Kier molecular flexibility index (Phi) is 6.05. The molecule has 0 radical (unpaired) electrons. The fraction of sp³-hybridized carbons (Fsp3) is 0.500. The van der Waals surface area contributed by atoms with E-state index in [1.807, 2.05) is 32.0 Å². The van der Waals surface area contributed by atoms with Crippen LogP contribution in [0.5, 0.6) is 11.5 Å². The maximum Gasteiger partial charge on any atom is 0.303 e. The van der Waals surface area contributed by atoms with E-state index in [4.69, 9.17) is 14.6 Å². The first-order valence-corrected chi connectivity index (χ1v) is 6.27. The van der Waals surface area contributed by atoms with Gasteiger partial charge < -0.3 is 14.6 Å². The molecule has 0 aliphatic carbocycles. The van der Waals surface area contributed by atoms with Gasteiger partial charge in [-0.1, -0.05) is 6.07 Å². The van der Waals surface area contributed by atoms with E-state index in [9.17, 15) is 4.79 Å². The highest BCUT2D eigenvalue weighted by atomic mass is 16.5. The Hall–Kier alpha value is -1.71. The molecule has 0 bridgehead atoms. The van der Waals surface area contributed by atoms with E-state index in [0.29, 0.717) is 26.1 Å². The van der Waals surface area contributed by atoms with Gasteiger partial charge in [0, 0.05) is 12.5 Å². The van der Waals surface area contributed by atoms with E-state index in [1.54, 1.807) is 0 Å². The normalized spacial score (nSPS) is 10.1. The Morgan fingerprint density at radius 3 is 2.56 bits per heavy atom. The number of carboxylic acids is 1. The zero-order valence-corrected chi connectivity index (χ0v) is 10.9. The first kappa shape index (κ1) is 14.4. The van der Waals surface area contributed by atoms with Gasteiger partial charge in [-0.05, 0) is 38.3 Å². The van der Waals surface area contributed by atoms with E-state index in [0.717, 1.165) is 17.1 Å². The second-order valence-electron chi connectivity index (χ2n) is 3.88. The topological polar surface area (TPSA) is 55.8 Å². The van der Waals surface area contributed by atoms with Gasteiger partial charge in [-0.25, -0.2) is 0 Å². The van der Waals surface area contributed by atoms with Crippen molar-refractivity contribution in [2.24, 2.45) is 0 Å². The standard InChI is InChI=1S/C14H20O4/c1-3-17-12-9-8-11(6-5-7-14(15)16)13(10-12)18-4-2/h8-10H,3-7H2,1-2H3,(H,15,16). The molecule has 18 heavy (non-hydrogen) atoms. The second kappa shape index (κ2) is 7.58. The molecule has 0 atom stereocenters. The van der Waals surface area contributed by atoms with Crippen molar-refractivity contribution in [3.05, 3.63) is 23.8 Å². The summed E-state index contributed by atoms with van der Waals surface area (Å²) in [6.07, 6.45) is 1.50. The van der Waals surface area contributed by atoms with Crippen molar-refractivity contribution >= 4 is 5.97 Å². The van der Waals surface area contributed by atoms with Crippen LogP contribution in [0.4, 0.5) is 0 Å². The summed E-state index contributed by atoms with van der Waals surface area (Å²) in [6.45, 7) is 5.06. The Balaban J connectivity index is 2.72. The number of carboxylic acid groups (broad SMARTS) is 1.